The summed E-state index contributed by atoms with van der Waals surface area (Å²) in [5, 5.41) is 27.7. The molecule has 0 aliphatic rings. The molecule has 0 radical (unpaired) electrons. The van der Waals surface area contributed by atoms with Crippen LogP contribution in [0.4, 0.5) is 0 Å². The molecule has 2 atom stereocenters. The van der Waals surface area contributed by atoms with Gasteiger partial charge in [-0.2, -0.15) is 0 Å². The maximum atomic E-state index is 11.5. The Morgan fingerprint density at radius 1 is 1.00 bits per heavy atom. The topological polar surface area (TPSA) is 167 Å². The largest absolute Gasteiger partial charge is 1.00 e. The average molecular weight is 300 g/mol. The van der Waals surface area contributed by atoms with Crippen molar-refractivity contribution >= 4 is 23.8 Å². The molecule has 0 aromatic carbocycles. The second-order valence-electron chi connectivity index (χ2n) is 3.87. The fraction of sp³-hybridized carbons (Fsp3) is 0.600. The van der Waals surface area contributed by atoms with Gasteiger partial charge in [-0.05, 0) is 12.8 Å². The Morgan fingerprint density at radius 2 is 1.45 bits per heavy atom. The Morgan fingerprint density at radius 3 is 1.85 bits per heavy atom. The number of nitrogens with two attached hydrogens (primary N) is 1. The third-order valence-corrected chi connectivity index (χ3v) is 2.27. The van der Waals surface area contributed by atoms with Gasteiger partial charge in [0.05, 0.1) is 6.04 Å². The van der Waals surface area contributed by atoms with Crippen molar-refractivity contribution in [2.24, 2.45) is 5.73 Å². The number of carbonyl (C=O) groups is 4. The van der Waals surface area contributed by atoms with E-state index in [0.29, 0.717) is 0 Å². The van der Waals surface area contributed by atoms with Gasteiger partial charge in [0, 0.05) is 12.8 Å². The molecule has 0 aliphatic carbocycles. The number of nitrogens with one attached hydrogen (secondary N) is 1. The van der Waals surface area contributed by atoms with Crippen molar-refractivity contribution in [1.82, 2.24) is 5.32 Å². The third kappa shape index (κ3) is 9.73. The Kier molecular flexibility index (Phi) is 11.2. The quantitative estimate of drug-likeness (QED) is 0.267. The van der Waals surface area contributed by atoms with E-state index in [4.69, 9.17) is 21.1 Å². The van der Waals surface area contributed by atoms with Crippen LogP contribution in [0.2, 0.25) is 0 Å². The first-order valence-corrected chi connectivity index (χ1v) is 5.46. The molecular formula is C10H17N2NaO7. The molecule has 0 bridgehead atoms. The number of aliphatic carboxylic acids is 3. The van der Waals surface area contributed by atoms with Gasteiger partial charge in [0.15, 0.2) is 0 Å². The fourth-order valence-electron chi connectivity index (χ4n) is 1.21. The van der Waals surface area contributed by atoms with Crippen LogP contribution in [-0.4, -0.2) is 51.2 Å². The van der Waals surface area contributed by atoms with Crippen molar-refractivity contribution in [1.29, 1.82) is 0 Å². The molecule has 0 saturated carbocycles. The number of amides is 1. The normalized spacial score (nSPS) is 12.7. The van der Waals surface area contributed by atoms with Gasteiger partial charge in [-0.25, -0.2) is 4.79 Å². The number of rotatable bonds is 9. The summed E-state index contributed by atoms with van der Waals surface area (Å²) in [6.45, 7) is 0. The summed E-state index contributed by atoms with van der Waals surface area (Å²) in [5.41, 5.74) is 5.39. The standard InChI is InChI=1S/C10H16N2O7.Na.H/c11-5(1-3-7(13)14)9(17)12-6(10(18)19)2-4-8(15)16;;/h5-6H,1-4,11H2,(H,12,17)(H,13,14)(H,15,16)(H,18,19);;/q;+1;-1/t5-,6-;;/m0../s1. The molecule has 0 unspecified atom stereocenters. The van der Waals surface area contributed by atoms with Gasteiger partial charge < -0.3 is 27.8 Å². The molecule has 0 aromatic rings. The summed E-state index contributed by atoms with van der Waals surface area (Å²) in [5.74, 6) is -4.50. The van der Waals surface area contributed by atoms with Crippen LogP contribution in [0.15, 0.2) is 0 Å². The minimum absolute atomic E-state index is 0. The van der Waals surface area contributed by atoms with Crippen LogP contribution < -0.4 is 40.6 Å². The maximum Gasteiger partial charge on any atom is 1.00 e. The molecule has 9 nitrogen and oxygen atoms in total. The van der Waals surface area contributed by atoms with Gasteiger partial charge in [0.2, 0.25) is 5.91 Å². The van der Waals surface area contributed by atoms with Gasteiger partial charge in [-0.15, -0.1) is 0 Å². The molecule has 0 aliphatic heterocycles. The first kappa shape index (κ1) is 21.1. The van der Waals surface area contributed by atoms with E-state index in [9.17, 15) is 19.2 Å². The molecule has 0 rings (SSSR count). The zero-order valence-corrected chi connectivity index (χ0v) is 13.0. The number of hydrogen-bond donors (Lipinski definition) is 5. The second-order valence-corrected chi connectivity index (χ2v) is 3.87. The Bertz CT molecular complexity index is 380. The summed E-state index contributed by atoms with van der Waals surface area (Å²) >= 11 is 0. The third-order valence-electron chi connectivity index (χ3n) is 2.27. The number of carboxylic acids is 3. The Labute approximate surface area is 138 Å². The van der Waals surface area contributed by atoms with Gasteiger partial charge in [-0.1, -0.05) is 0 Å². The molecule has 110 valence electrons. The smallest absolute Gasteiger partial charge is 1.00 e. The SMILES string of the molecule is N[C@@H](CCC(=O)O)C(=O)N[C@@H](CCC(=O)O)C(=O)O.[H-].[Na+]. The Balaban J connectivity index is -0.00000162. The summed E-state index contributed by atoms with van der Waals surface area (Å²) in [6, 6.07) is -2.51. The van der Waals surface area contributed by atoms with Gasteiger partial charge in [0.25, 0.3) is 0 Å². The summed E-state index contributed by atoms with van der Waals surface area (Å²) in [6.07, 6.45) is -1.14. The molecule has 1 amide bonds. The van der Waals surface area contributed by atoms with Crippen LogP contribution in [0.1, 0.15) is 27.1 Å². The van der Waals surface area contributed by atoms with E-state index in [1.165, 1.54) is 0 Å². The Hall–Kier alpha value is -1.16. The van der Waals surface area contributed by atoms with E-state index in [1.807, 2.05) is 0 Å². The van der Waals surface area contributed by atoms with Crippen LogP contribution in [-0.2, 0) is 19.2 Å². The minimum Gasteiger partial charge on any atom is -1.00 e. The molecule has 6 N–H and O–H groups in total. The molecule has 0 spiro atoms. The van der Waals surface area contributed by atoms with Crippen molar-refractivity contribution in [2.45, 2.75) is 37.8 Å². The van der Waals surface area contributed by atoms with Crippen LogP contribution in [0.25, 0.3) is 0 Å². The van der Waals surface area contributed by atoms with Crippen LogP contribution >= 0.6 is 0 Å². The van der Waals surface area contributed by atoms with Crippen molar-refractivity contribution in [2.75, 3.05) is 0 Å². The number of carbonyl (C=O) groups excluding carboxylic acids is 1. The molecule has 0 aromatic heterocycles. The zero-order valence-electron chi connectivity index (χ0n) is 12.0. The van der Waals surface area contributed by atoms with Gasteiger partial charge >= 0.3 is 47.5 Å². The van der Waals surface area contributed by atoms with Crippen molar-refractivity contribution < 1.29 is 65.5 Å². The monoisotopic (exact) mass is 300 g/mol. The zero-order chi connectivity index (χ0) is 15.0. The average Bonchev–Trinajstić information content (AvgIpc) is 2.30. The molecule has 0 heterocycles. The van der Waals surface area contributed by atoms with E-state index in [2.05, 4.69) is 5.32 Å². The molecule has 0 saturated heterocycles. The summed E-state index contributed by atoms with van der Waals surface area (Å²) in [7, 11) is 0. The van der Waals surface area contributed by atoms with Crippen LogP contribution in [0, 0.1) is 0 Å². The summed E-state index contributed by atoms with van der Waals surface area (Å²) < 4.78 is 0. The number of carboxylic acid groups (broad SMARTS) is 3. The van der Waals surface area contributed by atoms with Crippen molar-refractivity contribution in [3.8, 4) is 0 Å². The predicted molar refractivity (Wildman–Crippen MR) is 62.4 cm³/mol. The minimum atomic E-state index is -1.37. The molecule has 20 heavy (non-hydrogen) atoms. The van der Waals surface area contributed by atoms with E-state index < -0.39 is 42.3 Å². The van der Waals surface area contributed by atoms with E-state index in [-0.39, 0.29) is 50.2 Å². The van der Waals surface area contributed by atoms with Crippen molar-refractivity contribution in [3.05, 3.63) is 0 Å². The van der Waals surface area contributed by atoms with E-state index >= 15 is 0 Å². The van der Waals surface area contributed by atoms with E-state index in [0.717, 1.165) is 0 Å². The van der Waals surface area contributed by atoms with Crippen molar-refractivity contribution in [3.63, 3.8) is 0 Å². The predicted octanol–water partition coefficient (Wildman–Crippen LogP) is -4.27. The first-order valence-electron chi connectivity index (χ1n) is 5.46. The summed E-state index contributed by atoms with van der Waals surface area (Å²) in [4.78, 5) is 42.9. The fourth-order valence-corrected chi connectivity index (χ4v) is 1.21. The molecule has 10 heteroatoms. The number of hydrogen-bond acceptors (Lipinski definition) is 5. The van der Waals surface area contributed by atoms with Crippen LogP contribution in [0.3, 0.4) is 0 Å². The second kappa shape index (κ2) is 10.6. The van der Waals surface area contributed by atoms with Crippen LogP contribution in [0.5, 0.6) is 0 Å². The maximum absolute atomic E-state index is 11.5. The first-order chi connectivity index (χ1) is 8.73. The van der Waals surface area contributed by atoms with Gasteiger partial charge in [-0.3, -0.25) is 14.4 Å². The van der Waals surface area contributed by atoms with E-state index in [1.54, 1.807) is 0 Å². The van der Waals surface area contributed by atoms with Gasteiger partial charge in [0.1, 0.15) is 6.04 Å². The molecule has 0 fully saturated rings. The molecular weight excluding hydrogens is 283 g/mol.